The number of Topliss-reactive ketones (excluding diaryl/α,β-unsaturated/α-hetero) is 1. The van der Waals surface area contributed by atoms with Gasteiger partial charge in [0.05, 0.1) is 6.54 Å². The molecule has 0 aliphatic carbocycles. The van der Waals surface area contributed by atoms with Crippen LogP contribution < -0.4 is 5.73 Å². The van der Waals surface area contributed by atoms with Crippen LogP contribution >= 0.6 is 12.2 Å². The predicted octanol–water partition coefficient (Wildman–Crippen LogP) is 1.04. The zero-order valence-electron chi connectivity index (χ0n) is 7.49. The van der Waals surface area contributed by atoms with Crippen LogP contribution in [-0.4, -0.2) is 23.5 Å². The number of ketones is 1. The van der Waals surface area contributed by atoms with Crippen LogP contribution in [0.5, 0.6) is 0 Å². The molecule has 4 heteroatoms. The molecule has 13 heavy (non-hydrogen) atoms. The summed E-state index contributed by atoms with van der Waals surface area (Å²) in [6, 6.07) is 0. The number of carbonyl (C=O) groups excluding carboxylic acids is 1. The molecule has 2 N–H and O–H groups in total. The van der Waals surface area contributed by atoms with Gasteiger partial charge in [-0.05, 0) is 13.0 Å². The van der Waals surface area contributed by atoms with Crippen molar-refractivity contribution < 1.29 is 4.79 Å². The van der Waals surface area contributed by atoms with E-state index in [2.05, 4.69) is 11.6 Å². The fourth-order valence-corrected chi connectivity index (χ4v) is 0.716. The second kappa shape index (κ2) is 6.25. The predicted molar refractivity (Wildman–Crippen MR) is 59.1 cm³/mol. The molecule has 0 atom stereocenters. The molecule has 0 aliphatic heterocycles. The quantitative estimate of drug-likeness (QED) is 0.309. The van der Waals surface area contributed by atoms with Crippen molar-refractivity contribution in [2.45, 2.75) is 6.92 Å². The topological polar surface area (TPSA) is 55.5 Å². The molecule has 0 saturated heterocycles. The van der Waals surface area contributed by atoms with Crippen molar-refractivity contribution in [3.63, 3.8) is 0 Å². The lowest BCUT2D eigenvalue weighted by molar-refractivity contribution is -0.115. The van der Waals surface area contributed by atoms with Gasteiger partial charge < -0.3 is 5.73 Å². The summed E-state index contributed by atoms with van der Waals surface area (Å²) in [5, 5.41) is 0. The van der Waals surface area contributed by atoms with E-state index in [-0.39, 0.29) is 17.3 Å². The molecule has 0 bridgehead atoms. The molecule has 0 fully saturated rings. The monoisotopic (exact) mass is 196 g/mol. The van der Waals surface area contributed by atoms with E-state index < -0.39 is 0 Å². The van der Waals surface area contributed by atoms with Crippen LogP contribution in [-0.2, 0) is 4.79 Å². The highest BCUT2D eigenvalue weighted by atomic mass is 32.1. The van der Waals surface area contributed by atoms with Crippen molar-refractivity contribution in [1.29, 1.82) is 0 Å². The Hall–Kier alpha value is -1.29. The van der Waals surface area contributed by atoms with Crippen molar-refractivity contribution in [3.05, 3.63) is 24.3 Å². The highest BCUT2D eigenvalue weighted by Gasteiger charge is 1.91. The number of rotatable bonds is 5. The van der Waals surface area contributed by atoms with Gasteiger partial charge in [0.2, 0.25) is 0 Å². The summed E-state index contributed by atoms with van der Waals surface area (Å²) in [7, 11) is 0. The summed E-state index contributed by atoms with van der Waals surface area (Å²) in [4.78, 5) is 14.6. The van der Waals surface area contributed by atoms with Crippen molar-refractivity contribution in [1.82, 2.24) is 0 Å². The van der Waals surface area contributed by atoms with Gasteiger partial charge in [-0.2, -0.15) is 0 Å². The molecule has 0 amide bonds. The van der Waals surface area contributed by atoms with Crippen LogP contribution in [0.1, 0.15) is 6.92 Å². The number of nitrogens with zero attached hydrogens (tertiary/aromatic N) is 1. The van der Waals surface area contributed by atoms with E-state index in [0.717, 1.165) is 0 Å². The van der Waals surface area contributed by atoms with Gasteiger partial charge in [0.1, 0.15) is 4.99 Å². The largest absolute Gasteiger partial charge is 0.389 e. The van der Waals surface area contributed by atoms with Gasteiger partial charge in [0, 0.05) is 11.8 Å². The Morgan fingerprint density at radius 2 is 2.31 bits per heavy atom. The van der Waals surface area contributed by atoms with Gasteiger partial charge in [0.15, 0.2) is 5.78 Å². The number of hydrogen-bond donors (Lipinski definition) is 1. The molecule has 3 nitrogen and oxygen atoms in total. The van der Waals surface area contributed by atoms with E-state index in [4.69, 9.17) is 18.0 Å². The molecule has 0 heterocycles. The van der Waals surface area contributed by atoms with E-state index in [1.54, 1.807) is 12.2 Å². The number of aliphatic imine (C=N–C) groups is 1. The Bertz CT molecular complexity index is 279. The summed E-state index contributed by atoms with van der Waals surface area (Å²) in [6.45, 7) is 5.19. The third-order valence-electron chi connectivity index (χ3n) is 1.18. The third kappa shape index (κ3) is 5.93. The van der Waals surface area contributed by atoms with Crippen LogP contribution in [0.25, 0.3) is 0 Å². The summed E-state index contributed by atoms with van der Waals surface area (Å²) >= 11 is 4.73. The van der Waals surface area contributed by atoms with Gasteiger partial charge >= 0.3 is 0 Å². The van der Waals surface area contributed by atoms with Gasteiger partial charge in [-0.25, -0.2) is 0 Å². The van der Waals surface area contributed by atoms with Crippen molar-refractivity contribution in [3.8, 4) is 0 Å². The molecular formula is C9H12N2OS. The first kappa shape index (κ1) is 11.7. The van der Waals surface area contributed by atoms with Crippen molar-refractivity contribution in [2.75, 3.05) is 6.54 Å². The maximum atomic E-state index is 10.5. The fourth-order valence-electron chi connectivity index (χ4n) is 0.565. The molecule has 0 unspecified atom stereocenters. The Morgan fingerprint density at radius 3 is 2.69 bits per heavy atom. The van der Waals surface area contributed by atoms with Gasteiger partial charge in [-0.1, -0.05) is 24.9 Å². The van der Waals surface area contributed by atoms with Gasteiger partial charge in [-0.15, -0.1) is 0 Å². The minimum absolute atomic E-state index is 0.0140. The second-order valence-corrected chi connectivity index (χ2v) is 2.82. The average Bonchev–Trinajstić information content (AvgIpc) is 2.03. The Morgan fingerprint density at radius 1 is 1.69 bits per heavy atom. The minimum atomic E-state index is 0.0140. The zero-order valence-corrected chi connectivity index (χ0v) is 8.30. The van der Waals surface area contributed by atoms with E-state index in [9.17, 15) is 4.79 Å². The highest BCUT2D eigenvalue weighted by molar-refractivity contribution is 7.80. The van der Waals surface area contributed by atoms with Gasteiger partial charge in [-0.3, -0.25) is 9.79 Å². The van der Waals surface area contributed by atoms with Crippen molar-refractivity contribution >= 4 is 29.2 Å². The number of thiocarbonyl (C=S) groups is 1. The van der Waals surface area contributed by atoms with E-state index in [1.165, 1.54) is 13.1 Å². The molecule has 0 spiro atoms. The van der Waals surface area contributed by atoms with E-state index in [1.807, 2.05) is 0 Å². The smallest absolute Gasteiger partial charge is 0.151 e. The zero-order chi connectivity index (χ0) is 10.3. The molecule has 0 rings (SSSR count). The second-order valence-electron chi connectivity index (χ2n) is 2.38. The first-order chi connectivity index (χ1) is 6.07. The van der Waals surface area contributed by atoms with Crippen molar-refractivity contribution in [2.24, 2.45) is 10.7 Å². The molecular weight excluding hydrogens is 184 g/mol. The molecule has 0 radical (unpaired) electrons. The lowest BCUT2D eigenvalue weighted by atomic mass is 10.2. The number of hydrogen-bond acceptors (Lipinski definition) is 3. The summed E-state index contributed by atoms with van der Waals surface area (Å²) in [6.07, 6.45) is 4.66. The number of carbonyl (C=O) groups is 1. The maximum absolute atomic E-state index is 10.5. The molecule has 0 aliphatic rings. The van der Waals surface area contributed by atoms with Crippen LogP contribution in [0.15, 0.2) is 29.3 Å². The SMILES string of the molecule is C=C/C(=C\C=NCC(C)=O)C(N)=S. The fraction of sp³-hybridized carbons (Fsp3) is 0.222. The van der Waals surface area contributed by atoms with E-state index in [0.29, 0.717) is 5.57 Å². The Balaban J connectivity index is 4.22. The number of allylic oxidation sites excluding steroid dienone is 1. The van der Waals surface area contributed by atoms with Crippen LogP contribution in [0.2, 0.25) is 0 Å². The highest BCUT2D eigenvalue weighted by Crippen LogP contribution is 1.93. The molecule has 0 aromatic heterocycles. The molecule has 0 aromatic rings. The first-order valence-corrected chi connectivity index (χ1v) is 4.10. The third-order valence-corrected chi connectivity index (χ3v) is 1.41. The maximum Gasteiger partial charge on any atom is 0.151 e. The molecule has 0 saturated carbocycles. The van der Waals surface area contributed by atoms with Crippen LogP contribution in [0.3, 0.4) is 0 Å². The molecule has 0 aromatic carbocycles. The number of nitrogens with two attached hydrogens (primary N) is 1. The minimum Gasteiger partial charge on any atom is -0.389 e. The average molecular weight is 196 g/mol. The van der Waals surface area contributed by atoms with Crippen LogP contribution in [0, 0.1) is 0 Å². The summed E-state index contributed by atoms with van der Waals surface area (Å²) in [5.74, 6) is 0.0140. The Labute approximate surface area is 83.0 Å². The lowest BCUT2D eigenvalue weighted by Gasteiger charge is -1.93. The normalized spacial score (nSPS) is 11.6. The first-order valence-electron chi connectivity index (χ1n) is 3.69. The molecule has 70 valence electrons. The van der Waals surface area contributed by atoms with Crippen LogP contribution in [0.4, 0.5) is 0 Å². The summed E-state index contributed by atoms with van der Waals surface area (Å²) in [5.41, 5.74) is 5.99. The van der Waals surface area contributed by atoms with E-state index >= 15 is 0 Å². The standard InChI is InChI=1S/C9H12N2OS/c1-3-8(9(10)13)4-5-11-6-7(2)12/h3-5H,1,6H2,2H3,(H2,10,13)/b8-4+,11-5?. The summed E-state index contributed by atoms with van der Waals surface area (Å²) < 4.78 is 0. The Kier molecular flexibility index (Phi) is 5.63. The van der Waals surface area contributed by atoms with Gasteiger partial charge in [0.25, 0.3) is 0 Å². The lowest BCUT2D eigenvalue weighted by Crippen LogP contribution is -2.09.